The first-order valence-corrected chi connectivity index (χ1v) is 10.3. The van der Waals surface area contributed by atoms with Gasteiger partial charge in [0.05, 0.1) is 4.92 Å². The molecule has 1 N–H and O–H groups in total. The molecule has 1 fully saturated rings. The Morgan fingerprint density at radius 3 is 2.84 bits per heavy atom. The molecule has 0 aliphatic carbocycles. The van der Waals surface area contributed by atoms with Crippen LogP contribution in [0.1, 0.15) is 32.6 Å². The van der Waals surface area contributed by atoms with Gasteiger partial charge in [-0.25, -0.2) is 13.1 Å². The van der Waals surface area contributed by atoms with Crippen LogP contribution in [0.15, 0.2) is 23.1 Å². The third kappa shape index (κ3) is 5.91. The van der Waals surface area contributed by atoms with Gasteiger partial charge in [-0.1, -0.05) is 18.5 Å². The van der Waals surface area contributed by atoms with Crippen molar-refractivity contribution in [3.63, 3.8) is 0 Å². The number of hydrogen-bond donors (Lipinski definition) is 1. The summed E-state index contributed by atoms with van der Waals surface area (Å²) in [5, 5.41) is 11.2. The van der Waals surface area contributed by atoms with E-state index in [9.17, 15) is 18.5 Å². The standard InChI is InChI=1S/C16H24ClN3O4S/c1-13-5-4-10-19(12-13)9-3-2-8-18-25(23,24)16-7-6-14(17)11-15(16)20(21)22/h6-7,11,13,18H,2-5,8-10,12H2,1H3. The Labute approximate surface area is 153 Å². The largest absolute Gasteiger partial charge is 0.303 e. The molecule has 2 rings (SSSR count). The molecule has 1 unspecified atom stereocenters. The second-order valence-electron chi connectivity index (χ2n) is 6.52. The zero-order valence-corrected chi connectivity index (χ0v) is 15.9. The minimum atomic E-state index is -3.93. The second kappa shape index (κ2) is 8.93. The van der Waals surface area contributed by atoms with Crippen molar-refractivity contribution in [1.29, 1.82) is 0 Å². The predicted octanol–water partition coefficient (Wildman–Crippen LogP) is 3.04. The molecule has 0 amide bonds. The topological polar surface area (TPSA) is 92.6 Å². The summed E-state index contributed by atoms with van der Waals surface area (Å²) in [6.45, 7) is 5.66. The average molecular weight is 390 g/mol. The molecule has 1 aliphatic rings. The molecule has 9 heteroatoms. The van der Waals surface area contributed by atoms with E-state index in [1.165, 1.54) is 18.9 Å². The van der Waals surface area contributed by atoms with E-state index in [1.807, 2.05) is 0 Å². The lowest BCUT2D eigenvalue weighted by molar-refractivity contribution is -0.387. The maximum atomic E-state index is 12.3. The number of halogens is 1. The molecule has 0 radical (unpaired) electrons. The van der Waals surface area contributed by atoms with E-state index in [1.54, 1.807) is 0 Å². The quantitative estimate of drug-likeness (QED) is 0.419. The number of nitrogens with one attached hydrogen (secondary N) is 1. The third-order valence-electron chi connectivity index (χ3n) is 4.34. The maximum absolute atomic E-state index is 12.3. The van der Waals surface area contributed by atoms with E-state index >= 15 is 0 Å². The molecule has 1 aliphatic heterocycles. The highest BCUT2D eigenvalue weighted by molar-refractivity contribution is 7.89. The zero-order valence-electron chi connectivity index (χ0n) is 14.3. The number of piperidine rings is 1. The molecular weight excluding hydrogens is 366 g/mol. The van der Waals surface area contributed by atoms with Crippen molar-refractivity contribution in [3.05, 3.63) is 33.3 Å². The number of nitrogens with zero attached hydrogens (tertiary/aromatic N) is 2. The van der Waals surface area contributed by atoms with E-state index in [0.29, 0.717) is 6.42 Å². The van der Waals surface area contributed by atoms with Crippen molar-refractivity contribution in [2.75, 3.05) is 26.2 Å². The summed E-state index contributed by atoms with van der Waals surface area (Å²) in [5.74, 6) is 0.720. The molecule has 1 saturated heterocycles. The first kappa shape index (κ1) is 20.1. The summed E-state index contributed by atoms with van der Waals surface area (Å²) < 4.78 is 27.1. The van der Waals surface area contributed by atoms with E-state index < -0.39 is 20.6 Å². The Hall–Kier alpha value is -1.22. The summed E-state index contributed by atoms with van der Waals surface area (Å²) in [5.41, 5.74) is -0.512. The van der Waals surface area contributed by atoms with Gasteiger partial charge in [-0.3, -0.25) is 10.1 Å². The Balaban J connectivity index is 1.85. The predicted molar refractivity (Wildman–Crippen MR) is 97.4 cm³/mol. The smallest absolute Gasteiger partial charge is 0.290 e. The van der Waals surface area contributed by atoms with E-state index in [0.717, 1.165) is 44.1 Å². The van der Waals surface area contributed by atoms with Gasteiger partial charge in [0.15, 0.2) is 4.90 Å². The number of nitro groups is 1. The molecule has 140 valence electrons. The van der Waals surface area contributed by atoms with Crippen molar-refractivity contribution in [2.45, 2.75) is 37.5 Å². The number of rotatable bonds is 8. The van der Waals surface area contributed by atoms with Crippen LogP contribution in [-0.2, 0) is 10.0 Å². The fraction of sp³-hybridized carbons (Fsp3) is 0.625. The fourth-order valence-corrected chi connectivity index (χ4v) is 4.49. The molecule has 0 spiro atoms. The van der Waals surface area contributed by atoms with Gasteiger partial charge in [0.1, 0.15) is 0 Å². The van der Waals surface area contributed by atoms with Crippen LogP contribution in [0, 0.1) is 16.0 Å². The minimum absolute atomic E-state index is 0.126. The highest BCUT2D eigenvalue weighted by Gasteiger charge is 2.25. The highest BCUT2D eigenvalue weighted by Crippen LogP contribution is 2.27. The molecular formula is C16H24ClN3O4S. The fourth-order valence-electron chi connectivity index (χ4n) is 3.09. The summed E-state index contributed by atoms with van der Waals surface area (Å²) in [6, 6.07) is 3.55. The van der Waals surface area contributed by atoms with Gasteiger partial charge >= 0.3 is 0 Å². The monoisotopic (exact) mass is 389 g/mol. The molecule has 7 nitrogen and oxygen atoms in total. The van der Waals surface area contributed by atoms with Gasteiger partial charge in [0.25, 0.3) is 5.69 Å². The lowest BCUT2D eigenvalue weighted by atomic mass is 10.0. The van der Waals surface area contributed by atoms with Crippen LogP contribution in [0.25, 0.3) is 0 Å². The Morgan fingerprint density at radius 1 is 1.40 bits per heavy atom. The van der Waals surface area contributed by atoms with Gasteiger partial charge in [0, 0.05) is 24.2 Å². The van der Waals surface area contributed by atoms with Crippen LogP contribution >= 0.6 is 11.6 Å². The molecule has 1 atom stereocenters. The average Bonchev–Trinajstić information content (AvgIpc) is 2.54. The third-order valence-corrected chi connectivity index (χ3v) is 6.09. The number of sulfonamides is 1. The van der Waals surface area contributed by atoms with Crippen molar-refractivity contribution in [3.8, 4) is 0 Å². The van der Waals surface area contributed by atoms with E-state index in [2.05, 4.69) is 16.5 Å². The van der Waals surface area contributed by atoms with Gasteiger partial charge in [-0.15, -0.1) is 0 Å². The summed E-state index contributed by atoms with van der Waals surface area (Å²) in [6.07, 6.45) is 4.06. The molecule has 0 bridgehead atoms. The number of hydrogen-bond acceptors (Lipinski definition) is 5. The van der Waals surface area contributed by atoms with E-state index in [-0.39, 0.29) is 16.5 Å². The van der Waals surface area contributed by atoms with Crippen LogP contribution in [-0.4, -0.2) is 44.4 Å². The molecule has 1 heterocycles. The molecule has 1 aromatic carbocycles. The second-order valence-corrected chi connectivity index (χ2v) is 8.69. The molecule has 25 heavy (non-hydrogen) atoms. The number of nitro benzene ring substituents is 1. The lowest BCUT2D eigenvalue weighted by Gasteiger charge is -2.30. The first-order chi connectivity index (χ1) is 11.8. The van der Waals surface area contributed by atoms with Gasteiger partial charge in [0.2, 0.25) is 10.0 Å². The lowest BCUT2D eigenvalue weighted by Crippen LogP contribution is -2.35. The van der Waals surface area contributed by atoms with Crippen molar-refractivity contribution in [1.82, 2.24) is 9.62 Å². The van der Waals surface area contributed by atoms with Crippen molar-refractivity contribution >= 4 is 27.3 Å². The number of unbranched alkanes of at least 4 members (excludes halogenated alkanes) is 1. The summed E-state index contributed by atoms with van der Waals surface area (Å²) in [4.78, 5) is 12.4. The van der Waals surface area contributed by atoms with Crippen LogP contribution < -0.4 is 4.72 Å². The normalized spacial score (nSPS) is 19.0. The van der Waals surface area contributed by atoms with Gasteiger partial charge in [-0.05, 0) is 56.8 Å². The Kier molecular flexibility index (Phi) is 7.18. The maximum Gasteiger partial charge on any atom is 0.290 e. The minimum Gasteiger partial charge on any atom is -0.303 e. The van der Waals surface area contributed by atoms with Crippen LogP contribution in [0.2, 0.25) is 5.02 Å². The summed E-state index contributed by atoms with van der Waals surface area (Å²) in [7, 11) is -3.93. The highest BCUT2D eigenvalue weighted by atomic mass is 35.5. The molecule has 0 aromatic heterocycles. The SMILES string of the molecule is CC1CCCN(CCCCNS(=O)(=O)c2ccc(Cl)cc2[N+](=O)[O-])C1. The Morgan fingerprint density at radius 2 is 2.16 bits per heavy atom. The first-order valence-electron chi connectivity index (χ1n) is 8.45. The van der Waals surface area contributed by atoms with Crippen molar-refractivity contribution in [2.24, 2.45) is 5.92 Å². The molecule has 0 saturated carbocycles. The number of benzene rings is 1. The zero-order chi connectivity index (χ0) is 18.4. The number of likely N-dealkylation sites (tertiary alicyclic amines) is 1. The van der Waals surface area contributed by atoms with Crippen molar-refractivity contribution < 1.29 is 13.3 Å². The summed E-state index contributed by atoms with van der Waals surface area (Å²) >= 11 is 5.72. The van der Waals surface area contributed by atoms with Gasteiger partial charge in [-0.2, -0.15) is 0 Å². The van der Waals surface area contributed by atoms with Crippen LogP contribution in [0.4, 0.5) is 5.69 Å². The van der Waals surface area contributed by atoms with Gasteiger partial charge < -0.3 is 4.90 Å². The molecule has 1 aromatic rings. The Bertz CT molecular complexity index is 711. The van der Waals surface area contributed by atoms with Crippen LogP contribution in [0.3, 0.4) is 0 Å². The van der Waals surface area contributed by atoms with E-state index in [4.69, 9.17) is 11.6 Å². The van der Waals surface area contributed by atoms with Crippen LogP contribution in [0.5, 0.6) is 0 Å².